The third-order valence-corrected chi connectivity index (χ3v) is 6.78. The number of piperazine rings is 1. The van der Waals surface area contributed by atoms with Gasteiger partial charge >= 0.3 is 6.03 Å². The first-order valence-corrected chi connectivity index (χ1v) is 11.0. The Morgan fingerprint density at radius 3 is 2.65 bits per heavy atom. The highest BCUT2D eigenvalue weighted by molar-refractivity contribution is 6.07. The van der Waals surface area contributed by atoms with Gasteiger partial charge in [-0.2, -0.15) is 0 Å². The van der Waals surface area contributed by atoms with Crippen LogP contribution >= 0.6 is 0 Å². The van der Waals surface area contributed by atoms with E-state index in [9.17, 15) is 18.8 Å². The van der Waals surface area contributed by atoms with Crippen molar-refractivity contribution in [3.63, 3.8) is 0 Å². The lowest BCUT2D eigenvalue weighted by atomic mass is 9.73. The van der Waals surface area contributed by atoms with Crippen molar-refractivity contribution in [3.05, 3.63) is 30.1 Å². The number of anilines is 1. The summed E-state index contributed by atoms with van der Waals surface area (Å²) in [6, 6.07) is 5.52. The fraction of sp³-hybridized carbons (Fsp3) is 0.591. The highest BCUT2D eigenvalue weighted by Crippen LogP contribution is 2.38. The normalized spacial score (nSPS) is 27.5. The second-order valence-corrected chi connectivity index (χ2v) is 8.88. The van der Waals surface area contributed by atoms with Crippen molar-refractivity contribution in [2.24, 2.45) is 5.92 Å². The van der Waals surface area contributed by atoms with Crippen molar-refractivity contribution in [1.29, 1.82) is 0 Å². The van der Waals surface area contributed by atoms with Gasteiger partial charge in [0.25, 0.3) is 5.91 Å². The van der Waals surface area contributed by atoms with Crippen LogP contribution in [0.15, 0.2) is 24.3 Å². The van der Waals surface area contributed by atoms with Gasteiger partial charge in [0.05, 0.1) is 13.2 Å². The van der Waals surface area contributed by atoms with E-state index in [2.05, 4.69) is 22.5 Å². The molecule has 1 aliphatic carbocycles. The second-order valence-electron chi connectivity index (χ2n) is 8.88. The van der Waals surface area contributed by atoms with Crippen LogP contribution in [0.1, 0.15) is 32.6 Å². The molecule has 4 rings (SSSR count). The van der Waals surface area contributed by atoms with Crippen LogP contribution in [-0.2, 0) is 9.59 Å². The Morgan fingerprint density at radius 2 is 1.94 bits per heavy atom. The number of carbonyl (C=O) groups excluding carboxylic acids is 3. The molecule has 2 saturated heterocycles. The average molecular weight is 432 g/mol. The fourth-order valence-electron chi connectivity index (χ4n) is 4.88. The molecule has 8 nitrogen and oxygen atoms in total. The van der Waals surface area contributed by atoms with Gasteiger partial charge in [-0.1, -0.05) is 25.8 Å². The summed E-state index contributed by atoms with van der Waals surface area (Å²) < 4.78 is 13.3. The average Bonchev–Trinajstić information content (AvgIpc) is 2.96. The number of carbonyl (C=O) groups is 3. The molecule has 1 saturated carbocycles. The topological polar surface area (TPSA) is 85.0 Å². The molecular formula is C22H30FN5O3. The van der Waals surface area contributed by atoms with Crippen molar-refractivity contribution in [1.82, 2.24) is 20.0 Å². The van der Waals surface area contributed by atoms with Gasteiger partial charge in [0.15, 0.2) is 0 Å². The van der Waals surface area contributed by atoms with Crippen molar-refractivity contribution in [2.75, 3.05) is 44.7 Å². The number of urea groups is 1. The molecule has 1 aromatic carbocycles. The maximum atomic E-state index is 13.3. The summed E-state index contributed by atoms with van der Waals surface area (Å²) in [5.41, 5.74) is -0.292. The number of rotatable bonds is 5. The minimum Gasteiger partial charge on any atom is -0.325 e. The minimum atomic E-state index is -0.730. The lowest BCUT2D eigenvalue weighted by Crippen LogP contribution is -2.55. The van der Waals surface area contributed by atoms with Gasteiger partial charge in [-0.15, -0.1) is 0 Å². The lowest BCUT2D eigenvalue weighted by molar-refractivity contribution is -0.136. The molecule has 9 heteroatoms. The zero-order chi connectivity index (χ0) is 22.0. The number of benzene rings is 1. The molecule has 4 amide bonds. The van der Waals surface area contributed by atoms with Crippen LogP contribution in [0.5, 0.6) is 0 Å². The van der Waals surface area contributed by atoms with Crippen LogP contribution in [-0.4, -0.2) is 77.5 Å². The van der Waals surface area contributed by atoms with Crippen molar-refractivity contribution < 1.29 is 18.8 Å². The first-order chi connectivity index (χ1) is 14.9. The Morgan fingerprint density at radius 1 is 1.19 bits per heavy atom. The van der Waals surface area contributed by atoms with Crippen molar-refractivity contribution >= 4 is 23.5 Å². The van der Waals surface area contributed by atoms with Crippen LogP contribution in [0, 0.1) is 11.7 Å². The molecule has 0 bridgehead atoms. The van der Waals surface area contributed by atoms with E-state index in [1.165, 1.54) is 17.0 Å². The second kappa shape index (κ2) is 8.92. The molecule has 2 aliphatic heterocycles. The van der Waals surface area contributed by atoms with E-state index in [4.69, 9.17) is 0 Å². The molecule has 3 aliphatic rings. The van der Waals surface area contributed by atoms with Gasteiger partial charge in [-0.05, 0) is 37.0 Å². The van der Waals surface area contributed by atoms with E-state index in [1.54, 1.807) is 12.1 Å². The van der Waals surface area contributed by atoms with Crippen LogP contribution < -0.4 is 10.6 Å². The van der Waals surface area contributed by atoms with Crippen LogP contribution in [0.2, 0.25) is 0 Å². The van der Waals surface area contributed by atoms with Gasteiger partial charge in [0.1, 0.15) is 11.4 Å². The Balaban J connectivity index is 1.26. The molecule has 0 unspecified atom stereocenters. The summed E-state index contributed by atoms with van der Waals surface area (Å²) in [7, 11) is 0. The third kappa shape index (κ3) is 4.57. The first kappa shape index (κ1) is 21.7. The number of halogens is 1. The predicted octanol–water partition coefficient (Wildman–Crippen LogP) is 1.84. The first-order valence-electron chi connectivity index (χ1n) is 11.0. The quantitative estimate of drug-likeness (QED) is 0.695. The zero-order valence-electron chi connectivity index (χ0n) is 17.9. The highest BCUT2D eigenvalue weighted by atomic mass is 19.1. The van der Waals surface area contributed by atoms with E-state index in [0.717, 1.165) is 19.3 Å². The molecule has 2 heterocycles. The maximum Gasteiger partial charge on any atom is 0.326 e. The Labute approximate surface area is 181 Å². The molecule has 0 radical (unpaired) electrons. The van der Waals surface area contributed by atoms with Crippen molar-refractivity contribution in [2.45, 2.75) is 38.1 Å². The van der Waals surface area contributed by atoms with E-state index >= 15 is 0 Å². The molecule has 168 valence electrons. The number of hydrogen-bond acceptors (Lipinski definition) is 5. The number of imide groups is 1. The summed E-state index contributed by atoms with van der Waals surface area (Å²) in [4.78, 5) is 43.4. The van der Waals surface area contributed by atoms with E-state index in [1.807, 2.05) is 4.90 Å². The van der Waals surface area contributed by atoms with Crippen molar-refractivity contribution in [3.8, 4) is 0 Å². The van der Waals surface area contributed by atoms with E-state index in [-0.39, 0.29) is 37.0 Å². The molecule has 3 fully saturated rings. The Hall–Kier alpha value is -2.52. The van der Waals surface area contributed by atoms with Crippen LogP contribution in [0.3, 0.4) is 0 Å². The molecule has 1 aromatic rings. The summed E-state index contributed by atoms with van der Waals surface area (Å²) in [6.45, 7) is 5.17. The summed E-state index contributed by atoms with van der Waals surface area (Å²) >= 11 is 0. The largest absolute Gasteiger partial charge is 0.326 e. The summed E-state index contributed by atoms with van der Waals surface area (Å²) in [6.07, 6.45) is 3.72. The minimum absolute atomic E-state index is 0.0957. The van der Waals surface area contributed by atoms with Gasteiger partial charge in [0.2, 0.25) is 5.91 Å². The molecule has 0 aromatic heterocycles. The molecule has 31 heavy (non-hydrogen) atoms. The monoisotopic (exact) mass is 431 g/mol. The van der Waals surface area contributed by atoms with Gasteiger partial charge in [0, 0.05) is 31.9 Å². The van der Waals surface area contributed by atoms with Crippen LogP contribution in [0.25, 0.3) is 0 Å². The van der Waals surface area contributed by atoms with Crippen LogP contribution in [0.4, 0.5) is 14.9 Å². The molecule has 2 atom stereocenters. The van der Waals surface area contributed by atoms with Gasteiger partial charge in [-0.3, -0.25) is 19.4 Å². The SMILES string of the molecule is C[C@H]1CCCC[C@@]12NC(=O)N(CN1CCN(CC(=O)Nc3cccc(F)c3)CC1)C2=O. The van der Waals surface area contributed by atoms with Gasteiger partial charge < -0.3 is 10.6 Å². The number of hydrogen-bond donors (Lipinski definition) is 2. The smallest absolute Gasteiger partial charge is 0.325 e. The lowest BCUT2D eigenvalue weighted by Gasteiger charge is -2.38. The number of nitrogens with one attached hydrogen (secondary N) is 2. The Bertz CT molecular complexity index is 857. The zero-order valence-corrected chi connectivity index (χ0v) is 17.9. The Kier molecular flexibility index (Phi) is 6.24. The number of amides is 4. The molecule has 1 spiro atoms. The standard InChI is InChI=1S/C22H30FN5O3/c1-16-5-2-3-8-22(16)20(30)28(21(31)25-22)15-27-11-9-26(10-12-27)14-19(29)24-18-7-4-6-17(23)13-18/h4,6-7,13,16H,2-3,5,8-12,14-15H2,1H3,(H,24,29)(H,25,31)/t16-,22+/m0/s1. The summed E-state index contributed by atoms with van der Waals surface area (Å²) in [5, 5.41) is 5.70. The molecular weight excluding hydrogens is 401 g/mol. The van der Waals surface area contributed by atoms with E-state index in [0.29, 0.717) is 38.3 Å². The highest BCUT2D eigenvalue weighted by Gasteiger charge is 2.55. The molecule has 2 N–H and O–H groups in total. The third-order valence-electron chi connectivity index (χ3n) is 6.78. The van der Waals surface area contributed by atoms with E-state index < -0.39 is 11.4 Å². The number of nitrogens with zero attached hydrogens (tertiary/aromatic N) is 3. The maximum absolute atomic E-state index is 13.3. The fourth-order valence-corrected chi connectivity index (χ4v) is 4.88. The van der Waals surface area contributed by atoms with Gasteiger partial charge in [-0.25, -0.2) is 14.1 Å². The predicted molar refractivity (Wildman–Crippen MR) is 114 cm³/mol. The summed E-state index contributed by atoms with van der Waals surface area (Å²) in [5.74, 6) is -0.532.